The van der Waals surface area contributed by atoms with Gasteiger partial charge in [0, 0.05) is 12.1 Å². The van der Waals surface area contributed by atoms with E-state index in [1.807, 2.05) is 36.1 Å². The number of carbonyl (C=O) groups is 1. The van der Waals surface area contributed by atoms with Crippen molar-refractivity contribution in [2.24, 2.45) is 0 Å². The van der Waals surface area contributed by atoms with Gasteiger partial charge in [0.05, 0.1) is 5.69 Å². The first-order chi connectivity index (χ1) is 12.0. The van der Waals surface area contributed by atoms with Crippen LogP contribution < -0.4 is 4.74 Å². The van der Waals surface area contributed by atoms with Crippen LogP contribution in [0.4, 0.5) is 0 Å². The first-order valence-corrected chi connectivity index (χ1v) is 9.76. The molecule has 0 radical (unpaired) electrons. The van der Waals surface area contributed by atoms with E-state index < -0.39 is 0 Å². The highest BCUT2D eigenvalue weighted by atomic mass is 32.1. The lowest BCUT2D eigenvalue weighted by molar-refractivity contribution is 0.0515. The van der Waals surface area contributed by atoms with Gasteiger partial charge in [0.25, 0.3) is 5.91 Å². The maximum absolute atomic E-state index is 13.0. The lowest BCUT2D eigenvalue weighted by atomic mass is 9.97. The number of ether oxygens (including phenoxy) is 1. The normalized spacial score (nSPS) is 20.6. The molecule has 25 heavy (non-hydrogen) atoms. The van der Waals surface area contributed by atoms with E-state index in [4.69, 9.17) is 4.74 Å². The third-order valence-corrected chi connectivity index (χ3v) is 5.97. The highest BCUT2D eigenvalue weighted by Gasteiger charge is 2.31. The quantitative estimate of drug-likeness (QED) is 0.792. The summed E-state index contributed by atoms with van der Waals surface area (Å²) in [5.41, 5.74) is 2.01. The summed E-state index contributed by atoms with van der Waals surface area (Å²) in [5, 5.41) is 0.846. The fourth-order valence-corrected chi connectivity index (χ4v) is 4.35. The lowest BCUT2D eigenvalue weighted by Crippen LogP contribution is -2.47. The van der Waals surface area contributed by atoms with Gasteiger partial charge in [0.2, 0.25) is 0 Å². The van der Waals surface area contributed by atoms with E-state index in [1.165, 1.54) is 23.3 Å². The van der Waals surface area contributed by atoms with Crippen LogP contribution in [-0.2, 0) is 6.61 Å². The number of thiazole rings is 1. The van der Waals surface area contributed by atoms with Crippen molar-refractivity contribution in [3.05, 3.63) is 45.4 Å². The largest absolute Gasteiger partial charge is 0.486 e. The second-order valence-electron chi connectivity index (χ2n) is 6.97. The Hall–Kier alpha value is -1.88. The summed E-state index contributed by atoms with van der Waals surface area (Å²) in [7, 11) is 0. The Morgan fingerprint density at radius 1 is 1.20 bits per heavy atom. The molecule has 0 aliphatic carbocycles. The second kappa shape index (κ2) is 7.56. The molecule has 1 fully saturated rings. The van der Waals surface area contributed by atoms with Crippen LogP contribution in [-0.4, -0.2) is 27.9 Å². The number of benzene rings is 1. The van der Waals surface area contributed by atoms with Crippen LogP contribution in [0.25, 0.3) is 0 Å². The fourth-order valence-electron chi connectivity index (χ4n) is 3.43. The van der Waals surface area contributed by atoms with Crippen molar-refractivity contribution in [3.8, 4) is 5.75 Å². The first-order valence-electron chi connectivity index (χ1n) is 8.94. The summed E-state index contributed by atoms with van der Waals surface area (Å²) < 4.78 is 5.81. The van der Waals surface area contributed by atoms with Crippen LogP contribution in [0, 0.1) is 13.8 Å². The molecule has 2 aromatic rings. The van der Waals surface area contributed by atoms with Crippen molar-refractivity contribution in [1.29, 1.82) is 0 Å². The van der Waals surface area contributed by atoms with Crippen molar-refractivity contribution in [3.63, 3.8) is 0 Å². The van der Waals surface area contributed by atoms with Gasteiger partial charge in [0.1, 0.15) is 22.2 Å². The molecular formula is C20H26N2O2S. The van der Waals surface area contributed by atoms with E-state index in [0.29, 0.717) is 18.7 Å². The number of hydrogen-bond acceptors (Lipinski definition) is 4. The molecule has 1 amide bonds. The number of nitrogens with zero attached hydrogens (tertiary/aromatic N) is 2. The van der Waals surface area contributed by atoms with Crippen LogP contribution in [0.15, 0.2) is 24.3 Å². The van der Waals surface area contributed by atoms with Crippen LogP contribution in [0.1, 0.15) is 59.0 Å². The molecule has 1 aliphatic rings. The number of likely N-dealkylation sites (tertiary alicyclic amines) is 1. The van der Waals surface area contributed by atoms with Crippen molar-refractivity contribution in [1.82, 2.24) is 9.88 Å². The SMILES string of the molecule is Cc1ccc(OCc2nc(C)c(C(=O)N3C(C)CCCC3C)s2)cc1. The zero-order chi connectivity index (χ0) is 18.0. The van der Waals surface area contributed by atoms with Crippen molar-refractivity contribution >= 4 is 17.2 Å². The standard InChI is InChI=1S/C20H26N2O2S/c1-13-8-10-17(11-9-13)24-12-18-21-16(4)19(25-18)20(23)22-14(2)6-5-7-15(22)3/h8-11,14-15H,5-7,12H2,1-4H3. The molecule has 1 saturated heterocycles. The van der Waals surface area contributed by atoms with Gasteiger partial charge in [-0.1, -0.05) is 17.7 Å². The van der Waals surface area contributed by atoms with Crippen LogP contribution in [0.5, 0.6) is 5.75 Å². The summed E-state index contributed by atoms with van der Waals surface area (Å²) >= 11 is 1.46. The summed E-state index contributed by atoms with van der Waals surface area (Å²) in [5.74, 6) is 0.945. The molecule has 2 heterocycles. The van der Waals surface area contributed by atoms with Gasteiger partial charge in [-0.25, -0.2) is 4.98 Å². The number of hydrogen-bond donors (Lipinski definition) is 0. The number of amides is 1. The molecule has 3 rings (SSSR count). The van der Waals surface area contributed by atoms with E-state index in [-0.39, 0.29) is 5.91 Å². The molecule has 134 valence electrons. The van der Waals surface area contributed by atoms with Gasteiger partial charge in [-0.15, -0.1) is 11.3 Å². The minimum absolute atomic E-state index is 0.122. The smallest absolute Gasteiger partial charge is 0.266 e. The molecule has 4 nitrogen and oxygen atoms in total. The van der Waals surface area contributed by atoms with Crippen molar-refractivity contribution in [2.45, 2.75) is 65.6 Å². The Labute approximate surface area is 153 Å². The van der Waals surface area contributed by atoms with Crippen LogP contribution in [0.2, 0.25) is 0 Å². The van der Waals surface area contributed by atoms with Gasteiger partial charge in [-0.05, 0) is 59.1 Å². The molecular weight excluding hydrogens is 332 g/mol. The van der Waals surface area contributed by atoms with Gasteiger partial charge >= 0.3 is 0 Å². The average molecular weight is 359 g/mol. The van der Waals surface area contributed by atoms with Crippen molar-refractivity contribution < 1.29 is 9.53 Å². The number of aryl methyl sites for hydroxylation is 2. The van der Waals surface area contributed by atoms with E-state index in [2.05, 4.69) is 25.8 Å². The molecule has 0 spiro atoms. The predicted molar refractivity (Wildman–Crippen MR) is 101 cm³/mol. The monoisotopic (exact) mass is 358 g/mol. The van der Waals surface area contributed by atoms with E-state index >= 15 is 0 Å². The Bertz CT molecular complexity index is 729. The highest BCUT2D eigenvalue weighted by Crippen LogP contribution is 2.28. The predicted octanol–water partition coefficient (Wildman–Crippen LogP) is 4.74. The molecule has 1 aromatic heterocycles. The molecule has 0 saturated carbocycles. The summed E-state index contributed by atoms with van der Waals surface area (Å²) in [6.07, 6.45) is 3.36. The van der Waals surface area contributed by atoms with Gasteiger partial charge < -0.3 is 9.64 Å². The zero-order valence-electron chi connectivity index (χ0n) is 15.4. The Morgan fingerprint density at radius 2 is 1.84 bits per heavy atom. The maximum atomic E-state index is 13.0. The fraction of sp³-hybridized carbons (Fsp3) is 0.500. The molecule has 0 bridgehead atoms. The molecule has 0 N–H and O–H groups in total. The summed E-state index contributed by atoms with van der Waals surface area (Å²) in [6, 6.07) is 8.56. The molecule has 1 aliphatic heterocycles. The number of carbonyl (C=O) groups excluding carboxylic acids is 1. The molecule has 2 unspecified atom stereocenters. The number of aromatic nitrogens is 1. The van der Waals surface area contributed by atoms with Gasteiger partial charge in [0.15, 0.2) is 0 Å². The number of piperidine rings is 1. The van der Waals surface area contributed by atoms with Gasteiger partial charge in [-0.2, -0.15) is 0 Å². The van der Waals surface area contributed by atoms with Gasteiger partial charge in [-0.3, -0.25) is 4.79 Å². The zero-order valence-corrected chi connectivity index (χ0v) is 16.2. The Morgan fingerprint density at radius 3 is 2.48 bits per heavy atom. The van der Waals surface area contributed by atoms with E-state index in [1.54, 1.807) is 0 Å². The minimum Gasteiger partial charge on any atom is -0.486 e. The maximum Gasteiger partial charge on any atom is 0.266 e. The summed E-state index contributed by atoms with van der Waals surface area (Å²) in [6.45, 7) is 8.65. The Kier molecular flexibility index (Phi) is 5.42. The third-order valence-electron chi connectivity index (χ3n) is 4.85. The van der Waals surface area contributed by atoms with E-state index in [0.717, 1.165) is 34.2 Å². The van der Waals surface area contributed by atoms with E-state index in [9.17, 15) is 4.79 Å². The second-order valence-corrected chi connectivity index (χ2v) is 8.05. The van der Waals surface area contributed by atoms with Crippen LogP contribution >= 0.6 is 11.3 Å². The van der Waals surface area contributed by atoms with Crippen molar-refractivity contribution in [2.75, 3.05) is 0 Å². The third kappa shape index (κ3) is 4.03. The lowest BCUT2D eigenvalue weighted by Gasteiger charge is -2.38. The topological polar surface area (TPSA) is 42.4 Å². The van der Waals surface area contributed by atoms with Crippen LogP contribution in [0.3, 0.4) is 0 Å². The highest BCUT2D eigenvalue weighted by molar-refractivity contribution is 7.13. The molecule has 2 atom stereocenters. The molecule has 5 heteroatoms. The average Bonchev–Trinajstić information content (AvgIpc) is 2.95. The number of rotatable bonds is 4. The molecule has 1 aromatic carbocycles. The Balaban J connectivity index is 1.71. The summed E-state index contributed by atoms with van der Waals surface area (Å²) in [4.78, 5) is 20.4. The minimum atomic E-state index is 0.122. The first kappa shape index (κ1) is 17.9.